The van der Waals surface area contributed by atoms with Gasteiger partial charge in [0.1, 0.15) is 5.82 Å². The number of amides is 3. The first kappa shape index (κ1) is 16.3. The third-order valence-corrected chi connectivity index (χ3v) is 4.91. The molecule has 8 heteroatoms. The first-order valence-corrected chi connectivity index (χ1v) is 9.06. The fraction of sp³-hybridized carbons (Fsp3) is 0.733. The molecular formula is C15H23N5O2S. The van der Waals surface area contributed by atoms with Gasteiger partial charge in [0.2, 0.25) is 5.91 Å². The van der Waals surface area contributed by atoms with Gasteiger partial charge in [-0.3, -0.25) is 10.1 Å². The molecule has 1 heterocycles. The van der Waals surface area contributed by atoms with E-state index in [0.29, 0.717) is 12.0 Å². The highest BCUT2D eigenvalue weighted by molar-refractivity contribution is 8.00. The molecule has 1 atom stereocenters. The van der Waals surface area contributed by atoms with Crippen LogP contribution < -0.4 is 10.6 Å². The molecule has 2 saturated carbocycles. The Morgan fingerprint density at radius 1 is 1.17 bits per heavy atom. The number of nitrogens with zero attached hydrogens (tertiary/aromatic N) is 3. The zero-order valence-electron chi connectivity index (χ0n) is 13.7. The minimum Gasteiger partial charge on any atom is -0.336 e. The van der Waals surface area contributed by atoms with Crippen molar-refractivity contribution >= 4 is 23.7 Å². The standard InChI is InChI=1S/C15H23N5O2S/c1-8(2)16-14(22)17-13(21)9(3)23-15-19-18-12(10-4-5-10)20(15)11-6-7-11/h8-11H,4-7H2,1-3H3,(H2,16,17,21,22)/t9-/m1/s1. The van der Waals surface area contributed by atoms with E-state index in [4.69, 9.17) is 0 Å². The maximum Gasteiger partial charge on any atom is 0.321 e. The molecule has 3 rings (SSSR count). The van der Waals surface area contributed by atoms with Gasteiger partial charge in [0, 0.05) is 18.0 Å². The summed E-state index contributed by atoms with van der Waals surface area (Å²) in [6.07, 6.45) is 4.67. The second-order valence-corrected chi connectivity index (χ2v) is 7.90. The van der Waals surface area contributed by atoms with Crippen molar-refractivity contribution in [2.45, 2.75) is 74.9 Å². The second kappa shape index (κ2) is 6.51. The van der Waals surface area contributed by atoms with Crippen molar-refractivity contribution in [1.29, 1.82) is 0 Å². The average Bonchev–Trinajstić information content (AvgIpc) is 3.37. The van der Waals surface area contributed by atoms with Crippen LogP contribution in [-0.2, 0) is 4.79 Å². The fourth-order valence-electron chi connectivity index (χ4n) is 2.39. The highest BCUT2D eigenvalue weighted by Crippen LogP contribution is 2.46. The number of thioether (sulfide) groups is 1. The summed E-state index contributed by atoms with van der Waals surface area (Å²) in [7, 11) is 0. The predicted octanol–water partition coefficient (Wildman–Crippen LogP) is 2.21. The van der Waals surface area contributed by atoms with Crippen LogP contribution in [0.1, 0.15) is 64.2 Å². The molecule has 7 nitrogen and oxygen atoms in total. The minimum absolute atomic E-state index is 0.00942. The highest BCUT2D eigenvalue weighted by Gasteiger charge is 2.37. The van der Waals surface area contributed by atoms with E-state index >= 15 is 0 Å². The van der Waals surface area contributed by atoms with Crippen LogP contribution in [0.5, 0.6) is 0 Å². The second-order valence-electron chi connectivity index (χ2n) is 6.59. The monoisotopic (exact) mass is 337 g/mol. The lowest BCUT2D eigenvalue weighted by molar-refractivity contribution is -0.119. The van der Waals surface area contributed by atoms with Crippen molar-refractivity contribution in [3.05, 3.63) is 5.82 Å². The molecule has 2 fully saturated rings. The maximum atomic E-state index is 12.1. The van der Waals surface area contributed by atoms with Crippen LogP contribution in [-0.4, -0.2) is 38.0 Å². The number of aromatic nitrogens is 3. The van der Waals surface area contributed by atoms with Crippen molar-refractivity contribution < 1.29 is 9.59 Å². The largest absolute Gasteiger partial charge is 0.336 e. The molecule has 3 amide bonds. The molecule has 0 spiro atoms. The molecule has 2 aliphatic carbocycles. The summed E-state index contributed by atoms with van der Waals surface area (Å²) in [6, 6.07) is 0.0206. The first-order chi connectivity index (χ1) is 11.0. The van der Waals surface area contributed by atoms with E-state index in [2.05, 4.69) is 25.4 Å². The normalized spacial score (nSPS) is 18.8. The fourth-order valence-corrected chi connectivity index (χ4v) is 3.31. The van der Waals surface area contributed by atoms with Crippen LogP contribution in [0.4, 0.5) is 4.79 Å². The Balaban J connectivity index is 1.62. The SMILES string of the molecule is CC(C)NC(=O)NC(=O)[C@@H](C)Sc1nnc(C2CC2)n1C1CC1. The number of imide groups is 1. The summed E-state index contributed by atoms with van der Waals surface area (Å²) in [4.78, 5) is 23.8. The summed E-state index contributed by atoms with van der Waals surface area (Å²) in [6.45, 7) is 5.48. The molecule has 0 aromatic carbocycles. The van der Waals surface area contributed by atoms with Gasteiger partial charge >= 0.3 is 6.03 Å². The smallest absolute Gasteiger partial charge is 0.321 e. The first-order valence-electron chi connectivity index (χ1n) is 8.18. The topological polar surface area (TPSA) is 88.9 Å². The van der Waals surface area contributed by atoms with E-state index < -0.39 is 11.3 Å². The van der Waals surface area contributed by atoms with Gasteiger partial charge in [0.25, 0.3) is 0 Å². The molecule has 0 aliphatic heterocycles. The lowest BCUT2D eigenvalue weighted by Gasteiger charge is -2.14. The number of nitrogens with one attached hydrogen (secondary N) is 2. The van der Waals surface area contributed by atoms with Crippen LogP contribution >= 0.6 is 11.8 Å². The lowest BCUT2D eigenvalue weighted by Crippen LogP contribution is -2.45. The maximum absolute atomic E-state index is 12.1. The van der Waals surface area contributed by atoms with Crippen LogP contribution in [0.15, 0.2) is 5.16 Å². The zero-order chi connectivity index (χ0) is 16.6. The van der Waals surface area contributed by atoms with Crippen LogP contribution in [0.3, 0.4) is 0 Å². The van der Waals surface area contributed by atoms with E-state index in [1.165, 1.54) is 24.6 Å². The Bertz CT molecular complexity index is 607. The summed E-state index contributed by atoms with van der Waals surface area (Å²) < 4.78 is 2.21. The van der Waals surface area contributed by atoms with E-state index in [0.717, 1.165) is 23.8 Å². The number of carbonyl (C=O) groups is 2. The van der Waals surface area contributed by atoms with Gasteiger partial charge in [-0.15, -0.1) is 10.2 Å². The van der Waals surface area contributed by atoms with Gasteiger partial charge in [-0.05, 0) is 46.5 Å². The van der Waals surface area contributed by atoms with Crippen molar-refractivity contribution in [2.24, 2.45) is 0 Å². The van der Waals surface area contributed by atoms with Gasteiger partial charge in [0.15, 0.2) is 5.16 Å². The Hall–Kier alpha value is -1.57. The highest BCUT2D eigenvalue weighted by atomic mass is 32.2. The molecule has 0 radical (unpaired) electrons. The van der Waals surface area contributed by atoms with Gasteiger partial charge in [-0.1, -0.05) is 11.8 Å². The molecule has 0 saturated heterocycles. The molecular weight excluding hydrogens is 314 g/mol. The van der Waals surface area contributed by atoms with Crippen molar-refractivity contribution in [1.82, 2.24) is 25.4 Å². The molecule has 2 N–H and O–H groups in total. The van der Waals surface area contributed by atoms with Gasteiger partial charge in [-0.2, -0.15) is 0 Å². The number of hydrogen-bond acceptors (Lipinski definition) is 5. The quantitative estimate of drug-likeness (QED) is 0.777. The van der Waals surface area contributed by atoms with Crippen LogP contribution in [0.25, 0.3) is 0 Å². The number of urea groups is 1. The summed E-state index contributed by atoms with van der Waals surface area (Å²) in [5, 5.41) is 14.0. The number of carbonyl (C=O) groups excluding carboxylic acids is 2. The van der Waals surface area contributed by atoms with Crippen molar-refractivity contribution in [3.8, 4) is 0 Å². The minimum atomic E-state index is -0.459. The molecule has 1 aromatic heterocycles. The van der Waals surface area contributed by atoms with Crippen molar-refractivity contribution in [2.75, 3.05) is 0 Å². The Morgan fingerprint density at radius 2 is 1.87 bits per heavy atom. The van der Waals surface area contributed by atoms with E-state index in [1.54, 1.807) is 6.92 Å². The van der Waals surface area contributed by atoms with Gasteiger partial charge < -0.3 is 9.88 Å². The molecule has 0 unspecified atom stereocenters. The third-order valence-electron chi connectivity index (χ3n) is 3.85. The zero-order valence-corrected chi connectivity index (χ0v) is 14.5. The van der Waals surface area contributed by atoms with Crippen LogP contribution in [0.2, 0.25) is 0 Å². The van der Waals surface area contributed by atoms with Gasteiger partial charge in [-0.25, -0.2) is 4.79 Å². The number of hydrogen-bond donors (Lipinski definition) is 2. The van der Waals surface area contributed by atoms with Crippen molar-refractivity contribution in [3.63, 3.8) is 0 Å². The Labute approximate surface area is 140 Å². The van der Waals surface area contributed by atoms with E-state index in [9.17, 15) is 9.59 Å². The Morgan fingerprint density at radius 3 is 2.43 bits per heavy atom. The molecule has 1 aromatic rings. The molecule has 23 heavy (non-hydrogen) atoms. The van der Waals surface area contributed by atoms with E-state index in [1.807, 2.05) is 13.8 Å². The lowest BCUT2D eigenvalue weighted by atomic mass is 10.4. The summed E-state index contributed by atoms with van der Waals surface area (Å²) in [5.41, 5.74) is 0. The van der Waals surface area contributed by atoms with Gasteiger partial charge in [0.05, 0.1) is 5.25 Å². The molecule has 126 valence electrons. The van der Waals surface area contributed by atoms with Crippen LogP contribution in [0, 0.1) is 0 Å². The predicted molar refractivity (Wildman–Crippen MR) is 87.4 cm³/mol. The Kier molecular flexibility index (Phi) is 4.61. The molecule has 0 bridgehead atoms. The van der Waals surface area contributed by atoms with E-state index in [-0.39, 0.29) is 11.9 Å². The summed E-state index contributed by atoms with van der Waals surface area (Å²) in [5.74, 6) is 1.30. The summed E-state index contributed by atoms with van der Waals surface area (Å²) >= 11 is 1.37. The third kappa shape index (κ3) is 4.04. The molecule has 2 aliphatic rings. The number of rotatable bonds is 6. The average molecular weight is 337 g/mol.